The average Bonchev–Trinajstić information content (AvgIpc) is 3.32. The molecule has 0 atom stereocenters. The molecule has 1 heterocycles. The third kappa shape index (κ3) is 5.51. The molecule has 1 heteroatoms. The van der Waals surface area contributed by atoms with Gasteiger partial charge in [0, 0.05) is 10.9 Å². The summed E-state index contributed by atoms with van der Waals surface area (Å²) in [5.41, 5.74) is 12.8. The van der Waals surface area contributed by atoms with Gasteiger partial charge in [0.15, 0.2) is 0 Å². The van der Waals surface area contributed by atoms with Crippen molar-refractivity contribution < 1.29 is 0 Å². The maximum atomic E-state index is 5.22. The van der Waals surface area contributed by atoms with Crippen LogP contribution in [-0.2, 0) is 0 Å². The number of hydrogen-bond acceptors (Lipinski definition) is 1. The van der Waals surface area contributed by atoms with Crippen molar-refractivity contribution in [2.45, 2.75) is 0 Å². The van der Waals surface area contributed by atoms with Gasteiger partial charge in [-0.25, -0.2) is 4.98 Å². The van der Waals surface area contributed by atoms with Crippen molar-refractivity contribution in [3.8, 4) is 55.8 Å². The Morgan fingerprint density at radius 2 is 0.767 bits per heavy atom. The maximum absolute atomic E-state index is 5.22. The first-order valence-corrected chi connectivity index (χ1v) is 20.7. The largest absolute Gasteiger partial charge is 0.248 e. The molecule has 12 rings (SSSR count). The molecule has 1 aromatic heterocycles. The SMILES string of the molecule is c1ccc(-c2cc(-c3cccc(-c4ccc(-c5c6ccccc6c(-c6ccc7ccccc7c6)c6ccccc56)c5ccccc45)c3)c3c(ccc4ccccc43)n2)cc1. The number of benzene rings is 11. The average molecular weight is 760 g/mol. The molecular weight excluding hydrogens is 723 g/mol. The molecule has 0 radical (unpaired) electrons. The van der Waals surface area contributed by atoms with E-state index in [2.05, 4.69) is 224 Å². The van der Waals surface area contributed by atoms with E-state index >= 15 is 0 Å². The Hall–Kier alpha value is -7.87. The molecule has 278 valence electrons. The monoisotopic (exact) mass is 759 g/mol. The Morgan fingerprint density at radius 3 is 1.48 bits per heavy atom. The van der Waals surface area contributed by atoms with Crippen LogP contribution in [0.3, 0.4) is 0 Å². The summed E-state index contributed by atoms with van der Waals surface area (Å²) in [4.78, 5) is 5.22. The molecule has 0 saturated carbocycles. The summed E-state index contributed by atoms with van der Waals surface area (Å²) in [5, 5.41) is 13.6. The molecule has 0 aliphatic heterocycles. The summed E-state index contributed by atoms with van der Waals surface area (Å²) in [7, 11) is 0. The molecule has 0 saturated heterocycles. The van der Waals surface area contributed by atoms with E-state index in [0.717, 1.165) is 16.8 Å². The second-order valence-electron chi connectivity index (χ2n) is 15.8. The van der Waals surface area contributed by atoms with Crippen molar-refractivity contribution in [2.24, 2.45) is 0 Å². The Kier molecular flexibility index (Phi) is 7.92. The molecule has 0 N–H and O–H groups in total. The number of fused-ring (bicyclic) bond motifs is 7. The van der Waals surface area contributed by atoms with Crippen LogP contribution in [-0.4, -0.2) is 4.98 Å². The lowest BCUT2D eigenvalue weighted by atomic mass is 9.83. The van der Waals surface area contributed by atoms with E-state index in [4.69, 9.17) is 4.98 Å². The molecule has 0 aliphatic carbocycles. The summed E-state index contributed by atoms with van der Waals surface area (Å²) >= 11 is 0. The lowest BCUT2D eigenvalue weighted by Gasteiger charge is -2.20. The van der Waals surface area contributed by atoms with Crippen molar-refractivity contribution in [1.82, 2.24) is 4.98 Å². The van der Waals surface area contributed by atoms with Crippen molar-refractivity contribution in [2.75, 3.05) is 0 Å². The molecule has 11 aromatic carbocycles. The second-order valence-corrected chi connectivity index (χ2v) is 15.8. The van der Waals surface area contributed by atoms with E-state index in [1.54, 1.807) is 0 Å². The fourth-order valence-electron chi connectivity index (χ4n) is 9.69. The number of pyridine rings is 1. The van der Waals surface area contributed by atoms with Crippen LogP contribution in [0.15, 0.2) is 224 Å². The first kappa shape index (κ1) is 34.2. The predicted molar refractivity (Wildman–Crippen MR) is 256 cm³/mol. The highest BCUT2D eigenvalue weighted by Gasteiger charge is 2.20. The molecule has 0 unspecified atom stereocenters. The lowest BCUT2D eigenvalue weighted by molar-refractivity contribution is 1.40. The number of nitrogens with zero attached hydrogens (tertiary/aromatic N) is 1. The van der Waals surface area contributed by atoms with E-state index in [-0.39, 0.29) is 0 Å². The molecule has 0 spiro atoms. The Bertz CT molecular complexity index is 3600. The minimum atomic E-state index is 0.972. The van der Waals surface area contributed by atoms with Crippen LogP contribution in [0, 0.1) is 0 Å². The van der Waals surface area contributed by atoms with Gasteiger partial charge in [0.1, 0.15) is 0 Å². The standard InChI is InChI=1S/C59H37N/c1-2-17-40(18-3-1)56-37-54(59-46-22-7-6-16-39(46)31-34-55(59)60-56)43-21-14-20-42(36-43)45-32-33-53(48-24-9-8-23-47(45)48)58-51-27-12-10-25-49(51)57(50-26-11-13-28-52(50)58)44-30-29-38-15-4-5-19-41(38)35-44/h1-37H. The highest BCUT2D eigenvalue weighted by atomic mass is 14.7. The second kappa shape index (κ2) is 13.9. The van der Waals surface area contributed by atoms with Gasteiger partial charge in [-0.3, -0.25) is 0 Å². The molecule has 0 fully saturated rings. The molecule has 1 nitrogen and oxygen atoms in total. The van der Waals surface area contributed by atoms with Crippen LogP contribution in [0.4, 0.5) is 0 Å². The Balaban J connectivity index is 1.07. The fourth-order valence-corrected chi connectivity index (χ4v) is 9.69. The van der Waals surface area contributed by atoms with E-state index in [1.807, 2.05) is 0 Å². The van der Waals surface area contributed by atoms with Crippen LogP contribution >= 0.6 is 0 Å². The zero-order chi connectivity index (χ0) is 39.6. The summed E-state index contributed by atoms with van der Waals surface area (Å²) in [6.45, 7) is 0. The number of hydrogen-bond donors (Lipinski definition) is 0. The quantitative estimate of drug-likeness (QED) is 0.126. The van der Waals surface area contributed by atoms with Gasteiger partial charge in [0.25, 0.3) is 0 Å². The Morgan fingerprint density at radius 1 is 0.250 bits per heavy atom. The third-order valence-electron chi connectivity index (χ3n) is 12.4. The Labute approximate surface area is 348 Å². The molecule has 0 aliphatic rings. The highest BCUT2D eigenvalue weighted by Crippen LogP contribution is 2.47. The molecule has 0 bridgehead atoms. The van der Waals surface area contributed by atoms with E-state index < -0.39 is 0 Å². The number of rotatable bonds is 5. The van der Waals surface area contributed by atoms with Crippen LogP contribution < -0.4 is 0 Å². The van der Waals surface area contributed by atoms with Gasteiger partial charge in [-0.05, 0) is 123 Å². The van der Waals surface area contributed by atoms with Gasteiger partial charge < -0.3 is 0 Å². The number of aromatic nitrogens is 1. The van der Waals surface area contributed by atoms with Gasteiger partial charge in [-0.15, -0.1) is 0 Å². The van der Waals surface area contributed by atoms with E-state index in [0.29, 0.717) is 0 Å². The van der Waals surface area contributed by atoms with Gasteiger partial charge in [0.2, 0.25) is 0 Å². The van der Waals surface area contributed by atoms with Gasteiger partial charge >= 0.3 is 0 Å². The molecule has 0 amide bonds. The lowest BCUT2D eigenvalue weighted by Crippen LogP contribution is -1.93. The zero-order valence-corrected chi connectivity index (χ0v) is 32.8. The van der Waals surface area contributed by atoms with Crippen molar-refractivity contribution in [3.05, 3.63) is 224 Å². The van der Waals surface area contributed by atoms with Crippen molar-refractivity contribution in [1.29, 1.82) is 0 Å². The van der Waals surface area contributed by atoms with E-state index in [9.17, 15) is 0 Å². The molecule has 12 aromatic rings. The highest BCUT2D eigenvalue weighted by molar-refractivity contribution is 6.24. The summed E-state index contributed by atoms with van der Waals surface area (Å²) in [6, 6.07) is 82.0. The first-order valence-electron chi connectivity index (χ1n) is 20.7. The van der Waals surface area contributed by atoms with Gasteiger partial charge in [0.05, 0.1) is 11.2 Å². The van der Waals surface area contributed by atoms with Crippen molar-refractivity contribution in [3.63, 3.8) is 0 Å². The fraction of sp³-hybridized carbons (Fsp3) is 0. The topological polar surface area (TPSA) is 12.9 Å². The van der Waals surface area contributed by atoms with Crippen LogP contribution in [0.5, 0.6) is 0 Å². The third-order valence-corrected chi connectivity index (χ3v) is 12.4. The minimum Gasteiger partial charge on any atom is -0.248 e. The smallest absolute Gasteiger partial charge is 0.0722 e. The minimum absolute atomic E-state index is 0.972. The normalized spacial score (nSPS) is 11.7. The van der Waals surface area contributed by atoms with Crippen LogP contribution in [0.1, 0.15) is 0 Å². The predicted octanol–water partition coefficient (Wildman–Crippen LogP) is 16.3. The van der Waals surface area contributed by atoms with Gasteiger partial charge in [-0.1, -0.05) is 200 Å². The van der Waals surface area contributed by atoms with E-state index in [1.165, 1.54) is 104 Å². The first-order chi connectivity index (χ1) is 29.8. The van der Waals surface area contributed by atoms with Crippen LogP contribution in [0.25, 0.3) is 121 Å². The molecule has 60 heavy (non-hydrogen) atoms. The maximum Gasteiger partial charge on any atom is 0.0722 e. The van der Waals surface area contributed by atoms with Crippen molar-refractivity contribution >= 4 is 64.8 Å². The molecular formula is C59H37N. The summed E-state index contributed by atoms with van der Waals surface area (Å²) in [5.74, 6) is 0. The van der Waals surface area contributed by atoms with Gasteiger partial charge in [-0.2, -0.15) is 0 Å². The zero-order valence-electron chi connectivity index (χ0n) is 32.8. The van der Waals surface area contributed by atoms with Crippen LogP contribution in [0.2, 0.25) is 0 Å². The summed E-state index contributed by atoms with van der Waals surface area (Å²) < 4.78 is 0. The summed E-state index contributed by atoms with van der Waals surface area (Å²) in [6.07, 6.45) is 0.